The van der Waals surface area contributed by atoms with E-state index in [9.17, 15) is 9.18 Å². The zero-order chi connectivity index (χ0) is 17.4. The number of hydrogen-bond acceptors (Lipinski definition) is 4. The lowest BCUT2D eigenvalue weighted by Gasteiger charge is -2.10. The molecule has 1 heterocycles. The van der Waals surface area contributed by atoms with Crippen molar-refractivity contribution < 1.29 is 4.39 Å². The van der Waals surface area contributed by atoms with Gasteiger partial charge in [0, 0.05) is 18.8 Å². The number of allylic oxidation sites excluding steroid dienone is 2. The van der Waals surface area contributed by atoms with Crippen molar-refractivity contribution in [1.29, 1.82) is 0 Å². The molecule has 1 rings (SSSR count). The van der Waals surface area contributed by atoms with Crippen molar-refractivity contribution in [3.8, 4) is 0 Å². The standard InChI is InChI=1S/C17H21FN4O/c1-6-13(18)11-14-15(7-2)21-16(8-3)22(17(14)23)12(4)20-10-9-19-5/h6-7,9-11H,5,8H2,1-4H3/b10-9-,13-6+,14-11+,15-7-,20-12?. The number of aliphatic imine (C=N–C) groups is 2. The minimum Gasteiger partial charge on any atom is -0.271 e. The summed E-state index contributed by atoms with van der Waals surface area (Å²) in [4.78, 5) is 24.9. The monoisotopic (exact) mass is 316 g/mol. The van der Waals surface area contributed by atoms with Crippen molar-refractivity contribution in [2.24, 2.45) is 9.98 Å². The average molecular weight is 316 g/mol. The van der Waals surface area contributed by atoms with Crippen LogP contribution in [0.2, 0.25) is 0 Å². The van der Waals surface area contributed by atoms with E-state index in [0.29, 0.717) is 23.4 Å². The van der Waals surface area contributed by atoms with Crippen LogP contribution in [0, 0.1) is 0 Å². The lowest BCUT2D eigenvalue weighted by molar-refractivity contribution is 0.676. The second kappa shape index (κ2) is 8.73. The SMILES string of the molecule is C=N/C=C\N=C(C)n1c(CC)nc(=C\C)/c(=C\C(F)=C/C)c1=O. The van der Waals surface area contributed by atoms with Gasteiger partial charge in [-0.25, -0.2) is 14.4 Å². The van der Waals surface area contributed by atoms with Gasteiger partial charge in [-0.3, -0.25) is 14.4 Å². The first-order valence-electron chi connectivity index (χ1n) is 7.27. The Morgan fingerprint density at radius 3 is 2.61 bits per heavy atom. The summed E-state index contributed by atoms with van der Waals surface area (Å²) in [5.74, 6) is 0.493. The van der Waals surface area contributed by atoms with Crippen LogP contribution in [0.1, 0.15) is 33.5 Å². The van der Waals surface area contributed by atoms with E-state index in [1.165, 1.54) is 29.1 Å². The number of rotatable bonds is 4. The first kappa shape index (κ1) is 18.4. The molecule has 0 saturated heterocycles. The van der Waals surface area contributed by atoms with E-state index in [2.05, 4.69) is 21.7 Å². The summed E-state index contributed by atoms with van der Waals surface area (Å²) in [6.07, 6.45) is 7.55. The van der Waals surface area contributed by atoms with Crippen LogP contribution >= 0.6 is 0 Å². The lowest BCUT2D eigenvalue weighted by Crippen LogP contribution is -2.50. The quantitative estimate of drug-likeness (QED) is 0.627. The van der Waals surface area contributed by atoms with Gasteiger partial charge in [-0.05, 0) is 33.6 Å². The van der Waals surface area contributed by atoms with Crippen molar-refractivity contribution >= 4 is 24.7 Å². The molecule has 0 bridgehead atoms. The zero-order valence-corrected chi connectivity index (χ0v) is 13.9. The Labute approximate surface area is 134 Å². The molecule has 122 valence electrons. The van der Waals surface area contributed by atoms with Crippen molar-refractivity contribution in [2.45, 2.75) is 34.1 Å². The molecule has 0 amide bonds. The van der Waals surface area contributed by atoms with Crippen molar-refractivity contribution in [3.63, 3.8) is 0 Å². The lowest BCUT2D eigenvalue weighted by atomic mass is 10.3. The Kier molecular flexibility index (Phi) is 6.99. The van der Waals surface area contributed by atoms with Crippen LogP contribution in [-0.2, 0) is 6.42 Å². The fourth-order valence-corrected chi connectivity index (χ4v) is 1.99. The molecule has 0 unspecified atom stereocenters. The van der Waals surface area contributed by atoms with Gasteiger partial charge in [0.25, 0.3) is 5.56 Å². The molecule has 0 aliphatic rings. The van der Waals surface area contributed by atoms with E-state index < -0.39 is 5.83 Å². The summed E-state index contributed by atoms with van der Waals surface area (Å²) >= 11 is 0. The van der Waals surface area contributed by atoms with Gasteiger partial charge in [0.1, 0.15) is 17.5 Å². The van der Waals surface area contributed by atoms with Gasteiger partial charge in [0.2, 0.25) is 0 Å². The fraction of sp³-hybridized carbons (Fsp3) is 0.294. The van der Waals surface area contributed by atoms with Gasteiger partial charge in [0.05, 0.1) is 10.6 Å². The molecule has 0 spiro atoms. The molecule has 0 fully saturated rings. The number of nitrogens with zero attached hydrogens (tertiary/aromatic N) is 4. The van der Waals surface area contributed by atoms with Crippen LogP contribution in [0.25, 0.3) is 12.2 Å². The zero-order valence-electron chi connectivity index (χ0n) is 13.9. The highest BCUT2D eigenvalue weighted by Gasteiger charge is 2.10. The summed E-state index contributed by atoms with van der Waals surface area (Å²) in [7, 11) is 0. The topological polar surface area (TPSA) is 59.6 Å². The Hall–Kier alpha value is -2.63. The number of halogens is 1. The molecular weight excluding hydrogens is 295 g/mol. The maximum atomic E-state index is 13.6. The van der Waals surface area contributed by atoms with Crippen molar-refractivity contribution in [3.05, 3.63) is 51.0 Å². The van der Waals surface area contributed by atoms with Crippen LogP contribution in [0.3, 0.4) is 0 Å². The van der Waals surface area contributed by atoms with Crippen LogP contribution in [0.5, 0.6) is 0 Å². The second-order valence-electron chi connectivity index (χ2n) is 4.58. The van der Waals surface area contributed by atoms with Crippen LogP contribution in [0.4, 0.5) is 4.39 Å². The average Bonchev–Trinajstić information content (AvgIpc) is 2.55. The molecule has 0 atom stereocenters. The molecule has 0 aliphatic carbocycles. The summed E-state index contributed by atoms with van der Waals surface area (Å²) in [5.41, 5.74) is -0.358. The second-order valence-corrected chi connectivity index (χ2v) is 4.58. The Bertz CT molecular complexity index is 845. The van der Waals surface area contributed by atoms with Crippen LogP contribution in [-0.4, -0.2) is 22.1 Å². The molecule has 0 N–H and O–H groups in total. The van der Waals surface area contributed by atoms with E-state index in [1.807, 2.05) is 6.92 Å². The molecule has 0 saturated carbocycles. The summed E-state index contributed by atoms with van der Waals surface area (Å²) in [5, 5.41) is 0.650. The van der Waals surface area contributed by atoms with E-state index in [4.69, 9.17) is 0 Å². The van der Waals surface area contributed by atoms with E-state index >= 15 is 0 Å². The third-order valence-corrected chi connectivity index (χ3v) is 3.12. The Morgan fingerprint density at radius 1 is 1.39 bits per heavy atom. The number of hydrogen-bond donors (Lipinski definition) is 0. The molecule has 0 aromatic carbocycles. The Balaban J connectivity index is 3.85. The van der Waals surface area contributed by atoms with Crippen LogP contribution in [0.15, 0.2) is 39.1 Å². The first-order valence-corrected chi connectivity index (χ1v) is 7.27. The smallest absolute Gasteiger partial charge is 0.267 e. The molecule has 1 aromatic rings. The van der Waals surface area contributed by atoms with Gasteiger partial charge in [-0.1, -0.05) is 19.1 Å². The van der Waals surface area contributed by atoms with E-state index in [0.717, 1.165) is 0 Å². The van der Waals surface area contributed by atoms with E-state index in [1.54, 1.807) is 26.8 Å². The third kappa shape index (κ3) is 4.42. The summed E-state index contributed by atoms with van der Waals surface area (Å²) < 4.78 is 15.0. The molecular formula is C17H21FN4O. The number of aryl methyl sites for hydroxylation is 1. The maximum absolute atomic E-state index is 13.6. The maximum Gasteiger partial charge on any atom is 0.267 e. The fourth-order valence-electron chi connectivity index (χ4n) is 1.99. The van der Waals surface area contributed by atoms with E-state index in [-0.39, 0.29) is 10.8 Å². The molecule has 0 aliphatic heterocycles. The largest absolute Gasteiger partial charge is 0.271 e. The van der Waals surface area contributed by atoms with Gasteiger partial charge in [-0.15, -0.1) is 0 Å². The summed E-state index contributed by atoms with van der Waals surface area (Å²) in [6.45, 7) is 10.2. The van der Waals surface area contributed by atoms with Gasteiger partial charge in [-0.2, -0.15) is 0 Å². The first-order chi connectivity index (χ1) is 11.0. The number of aromatic nitrogens is 2. The predicted molar refractivity (Wildman–Crippen MR) is 93.8 cm³/mol. The predicted octanol–water partition coefficient (Wildman–Crippen LogP) is 1.70. The Morgan fingerprint density at radius 2 is 2.09 bits per heavy atom. The van der Waals surface area contributed by atoms with Gasteiger partial charge < -0.3 is 0 Å². The van der Waals surface area contributed by atoms with Crippen molar-refractivity contribution in [2.75, 3.05) is 0 Å². The van der Waals surface area contributed by atoms with Gasteiger partial charge in [0.15, 0.2) is 0 Å². The highest BCUT2D eigenvalue weighted by molar-refractivity contribution is 5.83. The molecule has 5 nitrogen and oxygen atoms in total. The normalized spacial score (nSPS) is 14.8. The van der Waals surface area contributed by atoms with Crippen LogP contribution < -0.4 is 16.1 Å². The van der Waals surface area contributed by atoms with Gasteiger partial charge >= 0.3 is 0 Å². The minimum atomic E-state index is -0.492. The molecule has 23 heavy (non-hydrogen) atoms. The summed E-state index contributed by atoms with van der Waals surface area (Å²) in [6, 6.07) is 0. The third-order valence-electron chi connectivity index (χ3n) is 3.12. The minimum absolute atomic E-state index is 0.195. The highest BCUT2D eigenvalue weighted by atomic mass is 19.1. The molecule has 0 radical (unpaired) electrons. The molecule has 6 heteroatoms. The highest BCUT2D eigenvalue weighted by Crippen LogP contribution is 1.96. The van der Waals surface area contributed by atoms with Crippen molar-refractivity contribution in [1.82, 2.24) is 9.55 Å². The molecule has 1 aromatic heterocycles.